The highest BCUT2D eigenvalue weighted by atomic mass is 35.5. The van der Waals surface area contributed by atoms with Crippen molar-refractivity contribution in [2.75, 3.05) is 5.32 Å². The quantitative estimate of drug-likeness (QED) is 0.649. The van der Waals surface area contributed by atoms with Gasteiger partial charge in [0, 0.05) is 28.3 Å². The number of nitrogens with zero attached hydrogens (tertiary/aromatic N) is 1. The highest BCUT2D eigenvalue weighted by Crippen LogP contribution is 2.25. The van der Waals surface area contributed by atoms with Crippen molar-refractivity contribution in [2.45, 2.75) is 11.4 Å². The van der Waals surface area contributed by atoms with E-state index in [1.54, 1.807) is 48.8 Å². The molecule has 1 N–H and O–H groups in total. The van der Waals surface area contributed by atoms with Crippen LogP contribution in [-0.4, -0.2) is 13.7 Å². The van der Waals surface area contributed by atoms with E-state index in [-0.39, 0.29) is 4.90 Å². The van der Waals surface area contributed by atoms with Gasteiger partial charge in [-0.15, -0.1) is 0 Å². The minimum atomic E-state index is -2.34. The summed E-state index contributed by atoms with van der Waals surface area (Å²) in [7, 11) is 0. The Kier molecular flexibility index (Phi) is 5.65. The van der Waals surface area contributed by atoms with E-state index in [1.807, 2.05) is 12.1 Å². The number of hydrogen-bond acceptors (Lipinski definition) is 5. The average Bonchev–Trinajstić information content (AvgIpc) is 2.62. The van der Waals surface area contributed by atoms with E-state index in [4.69, 9.17) is 16.3 Å². The highest BCUT2D eigenvalue weighted by Gasteiger charge is 2.07. The van der Waals surface area contributed by atoms with Gasteiger partial charge in [-0.2, -0.15) is 0 Å². The van der Waals surface area contributed by atoms with Crippen LogP contribution in [0.3, 0.4) is 0 Å². The maximum atomic E-state index is 11.5. The zero-order chi connectivity index (χ0) is 17.6. The molecule has 0 saturated carbocycles. The van der Waals surface area contributed by atoms with Crippen molar-refractivity contribution in [3.05, 3.63) is 77.6 Å². The third kappa shape index (κ3) is 4.79. The van der Waals surface area contributed by atoms with Crippen molar-refractivity contribution in [2.24, 2.45) is 0 Å². The third-order valence-electron chi connectivity index (χ3n) is 3.41. The molecule has 2 aromatic carbocycles. The standard InChI is InChI=1S/C18H15ClN2O3S/c19-14-3-5-15(6-4-14)21-11-13-10-16(7-8-18(13)25(22)23)24-17-2-1-9-20-12-17/h1-10,12,21H,11H2,(H,22,23)/p-1. The summed E-state index contributed by atoms with van der Waals surface area (Å²) in [5, 5.41) is 3.81. The van der Waals surface area contributed by atoms with Crippen molar-refractivity contribution in [3.8, 4) is 11.5 Å². The van der Waals surface area contributed by atoms with Crippen molar-refractivity contribution in [1.29, 1.82) is 0 Å². The number of aromatic nitrogens is 1. The molecular formula is C18H14ClN2O3S-. The predicted molar refractivity (Wildman–Crippen MR) is 96.7 cm³/mol. The molecule has 0 spiro atoms. The van der Waals surface area contributed by atoms with Crippen LogP contribution in [0.4, 0.5) is 5.69 Å². The van der Waals surface area contributed by atoms with Gasteiger partial charge in [0.25, 0.3) is 0 Å². The summed E-state index contributed by atoms with van der Waals surface area (Å²) in [4.78, 5) is 4.21. The minimum absolute atomic E-state index is 0.222. The zero-order valence-electron chi connectivity index (χ0n) is 13.0. The number of halogens is 1. The van der Waals surface area contributed by atoms with E-state index in [0.717, 1.165) is 5.69 Å². The Bertz CT molecular complexity index is 873. The largest absolute Gasteiger partial charge is 0.768 e. The van der Waals surface area contributed by atoms with E-state index in [1.165, 1.54) is 6.07 Å². The number of nitrogens with one attached hydrogen (secondary N) is 1. The van der Waals surface area contributed by atoms with Crippen LogP contribution in [-0.2, 0) is 17.6 Å². The maximum Gasteiger partial charge on any atom is 0.145 e. The molecule has 5 nitrogen and oxygen atoms in total. The molecule has 3 rings (SSSR count). The summed E-state index contributed by atoms with van der Waals surface area (Å²) >= 11 is 3.53. The highest BCUT2D eigenvalue weighted by molar-refractivity contribution is 7.79. The molecular weight excluding hydrogens is 360 g/mol. The van der Waals surface area contributed by atoms with Gasteiger partial charge in [-0.3, -0.25) is 9.19 Å². The summed E-state index contributed by atoms with van der Waals surface area (Å²) in [5.41, 5.74) is 1.44. The number of benzene rings is 2. The van der Waals surface area contributed by atoms with Gasteiger partial charge in [0.2, 0.25) is 0 Å². The van der Waals surface area contributed by atoms with Crippen molar-refractivity contribution < 1.29 is 13.5 Å². The smallest absolute Gasteiger partial charge is 0.145 e. The van der Waals surface area contributed by atoms with E-state index >= 15 is 0 Å². The molecule has 1 atom stereocenters. The fourth-order valence-electron chi connectivity index (χ4n) is 2.23. The number of pyridine rings is 1. The number of rotatable bonds is 6. The molecule has 1 aromatic heterocycles. The lowest BCUT2D eigenvalue weighted by atomic mass is 10.2. The number of anilines is 1. The van der Waals surface area contributed by atoms with Crippen LogP contribution < -0.4 is 10.1 Å². The molecule has 0 radical (unpaired) electrons. The second kappa shape index (κ2) is 8.11. The van der Waals surface area contributed by atoms with Crippen LogP contribution >= 0.6 is 11.6 Å². The Morgan fingerprint density at radius 2 is 1.92 bits per heavy atom. The molecule has 0 aliphatic carbocycles. The lowest BCUT2D eigenvalue weighted by molar-refractivity contribution is 0.478. The molecule has 0 bridgehead atoms. The molecule has 25 heavy (non-hydrogen) atoms. The number of hydrogen-bond donors (Lipinski definition) is 1. The van der Waals surface area contributed by atoms with E-state index < -0.39 is 11.1 Å². The van der Waals surface area contributed by atoms with Crippen molar-refractivity contribution >= 4 is 28.4 Å². The van der Waals surface area contributed by atoms with Crippen LogP contribution in [0.1, 0.15) is 5.56 Å². The van der Waals surface area contributed by atoms with Gasteiger partial charge >= 0.3 is 0 Å². The lowest BCUT2D eigenvalue weighted by Crippen LogP contribution is -2.04. The van der Waals surface area contributed by atoms with Crippen molar-refractivity contribution in [1.82, 2.24) is 4.98 Å². The van der Waals surface area contributed by atoms with Gasteiger partial charge in [0.15, 0.2) is 0 Å². The molecule has 1 unspecified atom stereocenters. The fourth-order valence-corrected chi connectivity index (χ4v) is 2.88. The van der Waals surface area contributed by atoms with Crippen LogP contribution in [0.25, 0.3) is 0 Å². The van der Waals surface area contributed by atoms with Crippen LogP contribution in [0, 0.1) is 0 Å². The van der Waals surface area contributed by atoms with E-state index in [9.17, 15) is 8.76 Å². The monoisotopic (exact) mass is 373 g/mol. The first-order chi connectivity index (χ1) is 12.1. The lowest BCUT2D eigenvalue weighted by Gasteiger charge is -2.15. The Balaban J connectivity index is 1.80. The first kappa shape index (κ1) is 17.4. The van der Waals surface area contributed by atoms with Gasteiger partial charge < -0.3 is 14.6 Å². The molecule has 0 fully saturated rings. The summed E-state index contributed by atoms with van der Waals surface area (Å²) in [6.45, 7) is 0.329. The third-order valence-corrected chi connectivity index (χ3v) is 4.42. The zero-order valence-corrected chi connectivity index (χ0v) is 14.6. The van der Waals surface area contributed by atoms with Crippen LogP contribution in [0.2, 0.25) is 5.02 Å². The minimum Gasteiger partial charge on any atom is -0.768 e. The van der Waals surface area contributed by atoms with E-state index in [2.05, 4.69) is 10.3 Å². The molecule has 0 saturated heterocycles. The van der Waals surface area contributed by atoms with Crippen molar-refractivity contribution in [3.63, 3.8) is 0 Å². The van der Waals surface area contributed by atoms with Gasteiger partial charge in [-0.1, -0.05) is 11.6 Å². The second-order valence-corrected chi connectivity index (χ2v) is 6.50. The Morgan fingerprint density at radius 1 is 1.12 bits per heavy atom. The number of ether oxygens (including phenoxy) is 1. The Morgan fingerprint density at radius 3 is 2.60 bits per heavy atom. The van der Waals surface area contributed by atoms with Gasteiger partial charge in [0.1, 0.15) is 11.5 Å². The summed E-state index contributed by atoms with van der Waals surface area (Å²) in [6.07, 6.45) is 3.24. The normalized spacial score (nSPS) is 11.8. The molecule has 128 valence electrons. The summed E-state index contributed by atoms with van der Waals surface area (Å²) < 4.78 is 28.6. The topological polar surface area (TPSA) is 74.3 Å². The molecule has 7 heteroatoms. The van der Waals surface area contributed by atoms with Crippen LogP contribution in [0.5, 0.6) is 11.5 Å². The summed E-state index contributed by atoms with van der Waals surface area (Å²) in [6, 6.07) is 15.5. The summed E-state index contributed by atoms with van der Waals surface area (Å²) in [5.74, 6) is 1.12. The molecule has 0 aliphatic rings. The SMILES string of the molecule is O=S([O-])c1ccc(Oc2cccnc2)cc1CNc1ccc(Cl)cc1. The Hall–Kier alpha value is -2.41. The molecule has 0 amide bonds. The fraction of sp³-hybridized carbons (Fsp3) is 0.0556. The first-order valence-electron chi connectivity index (χ1n) is 7.41. The van der Waals surface area contributed by atoms with Gasteiger partial charge in [-0.05, 0) is 71.2 Å². The second-order valence-electron chi connectivity index (χ2n) is 5.16. The van der Waals surface area contributed by atoms with Gasteiger partial charge in [-0.25, -0.2) is 0 Å². The predicted octanol–water partition coefficient (Wildman–Crippen LogP) is 4.38. The van der Waals surface area contributed by atoms with Gasteiger partial charge in [0.05, 0.1) is 6.20 Å². The molecule has 0 aliphatic heterocycles. The maximum absolute atomic E-state index is 11.5. The first-order valence-corrected chi connectivity index (χ1v) is 8.86. The molecule has 3 aromatic rings. The Labute approximate surface area is 152 Å². The average molecular weight is 374 g/mol. The van der Waals surface area contributed by atoms with Crippen LogP contribution in [0.15, 0.2) is 71.9 Å². The van der Waals surface area contributed by atoms with E-state index in [0.29, 0.717) is 28.6 Å². The molecule has 1 heterocycles.